The number of likely N-dealkylation sites (tertiary alicyclic amines) is 1. The summed E-state index contributed by atoms with van der Waals surface area (Å²) in [4.78, 5) is 26.4. The average molecular weight is 291 g/mol. The molecule has 2 heterocycles. The van der Waals surface area contributed by atoms with E-state index in [2.05, 4.69) is 5.32 Å². The van der Waals surface area contributed by atoms with Gasteiger partial charge in [-0.2, -0.15) is 0 Å². The lowest BCUT2D eigenvalue weighted by Crippen LogP contribution is -2.57. The first-order valence-electron chi connectivity index (χ1n) is 8.47. The van der Waals surface area contributed by atoms with E-state index in [1.54, 1.807) is 0 Å². The van der Waals surface area contributed by atoms with Gasteiger partial charge in [-0.25, -0.2) is 0 Å². The van der Waals surface area contributed by atoms with Crippen LogP contribution in [0.1, 0.15) is 38.5 Å². The molecule has 0 aromatic carbocycles. The fraction of sp³-hybridized carbons (Fsp3) is 0.875. The molecule has 0 radical (unpaired) electrons. The van der Waals surface area contributed by atoms with Crippen LogP contribution in [0.4, 0.5) is 0 Å². The number of piperidine rings is 2. The summed E-state index contributed by atoms with van der Waals surface area (Å²) in [5.41, 5.74) is 6.32. The number of nitrogens with one attached hydrogen (secondary N) is 1. The van der Waals surface area contributed by atoms with Gasteiger partial charge >= 0.3 is 0 Å². The Labute approximate surface area is 125 Å². The van der Waals surface area contributed by atoms with Crippen LogP contribution in [-0.2, 0) is 9.59 Å². The Morgan fingerprint density at radius 1 is 1.14 bits per heavy atom. The van der Waals surface area contributed by atoms with Gasteiger partial charge in [-0.15, -0.1) is 0 Å². The van der Waals surface area contributed by atoms with E-state index in [1.807, 2.05) is 4.90 Å². The van der Waals surface area contributed by atoms with Crippen molar-refractivity contribution in [3.05, 3.63) is 0 Å². The standard InChI is InChI=1S/C16H25N3O2/c17-15-10-2-1-9(7-10)14(15)16(21)19-6-5-12-11(8-19)3-4-13(20)18-12/h9-12,14-15H,1-8,17H2,(H,18,20). The molecule has 2 saturated heterocycles. The van der Waals surface area contributed by atoms with E-state index < -0.39 is 0 Å². The summed E-state index contributed by atoms with van der Waals surface area (Å²) >= 11 is 0. The van der Waals surface area contributed by atoms with E-state index in [1.165, 1.54) is 12.8 Å². The van der Waals surface area contributed by atoms with E-state index in [-0.39, 0.29) is 23.9 Å². The van der Waals surface area contributed by atoms with Gasteiger partial charge in [0, 0.05) is 31.6 Å². The molecular formula is C16H25N3O2. The average Bonchev–Trinajstić information content (AvgIpc) is 3.07. The van der Waals surface area contributed by atoms with Crippen molar-refractivity contribution in [1.82, 2.24) is 10.2 Å². The number of hydrogen-bond acceptors (Lipinski definition) is 3. The molecule has 2 saturated carbocycles. The first-order chi connectivity index (χ1) is 10.1. The second kappa shape index (κ2) is 4.97. The Morgan fingerprint density at radius 2 is 1.95 bits per heavy atom. The number of hydrogen-bond donors (Lipinski definition) is 2. The zero-order valence-electron chi connectivity index (χ0n) is 12.5. The summed E-state index contributed by atoms with van der Waals surface area (Å²) in [6, 6.07) is 0.365. The normalized spacial score (nSPS) is 45.4. The van der Waals surface area contributed by atoms with Crippen molar-refractivity contribution in [1.29, 1.82) is 0 Å². The lowest BCUT2D eigenvalue weighted by atomic mass is 9.81. The predicted molar refractivity (Wildman–Crippen MR) is 78.1 cm³/mol. The van der Waals surface area contributed by atoms with E-state index in [9.17, 15) is 9.59 Å². The zero-order valence-corrected chi connectivity index (χ0v) is 12.5. The van der Waals surface area contributed by atoms with Crippen LogP contribution in [0.3, 0.4) is 0 Å². The number of rotatable bonds is 1. The van der Waals surface area contributed by atoms with Gasteiger partial charge < -0.3 is 16.0 Å². The Bertz CT molecular complexity index is 464. The highest BCUT2D eigenvalue weighted by atomic mass is 16.2. The van der Waals surface area contributed by atoms with Gasteiger partial charge in [-0.1, -0.05) is 0 Å². The predicted octanol–water partition coefficient (Wildman–Crippen LogP) is 0.487. The number of fused-ring (bicyclic) bond motifs is 3. The maximum absolute atomic E-state index is 12.9. The molecule has 0 spiro atoms. The third-order valence-electron chi connectivity index (χ3n) is 6.40. The SMILES string of the molecule is NC1C2CCC(C2)C1C(=O)N1CCC2NC(=O)CCC2C1. The van der Waals surface area contributed by atoms with Crippen LogP contribution in [-0.4, -0.2) is 41.9 Å². The molecule has 6 unspecified atom stereocenters. The highest BCUT2D eigenvalue weighted by molar-refractivity contribution is 5.81. The van der Waals surface area contributed by atoms with E-state index in [0.29, 0.717) is 30.1 Å². The van der Waals surface area contributed by atoms with Gasteiger partial charge in [0.25, 0.3) is 0 Å². The van der Waals surface area contributed by atoms with Crippen LogP contribution in [0, 0.1) is 23.7 Å². The molecule has 4 rings (SSSR count). The van der Waals surface area contributed by atoms with Gasteiger partial charge in [0.1, 0.15) is 0 Å². The molecule has 21 heavy (non-hydrogen) atoms. The lowest BCUT2D eigenvalue weighted by molar-refractivity contribution is -0.141. The van der Waals surface area contributed by atoms with Crippen LogP contribution < -0.4 is 11.1 Å². The van der Waals surface area contributed by atoms with Crippen molar-refractivity contribution in [3.63, 3.8) is 0 Å². The summed E-state index contributed by atoms with van der Waals surface area (Å²) in [7, 11) is 0. The highest BCUT2D eigenvalue weighted by Crippen LogP contribution is 2.48. The number of nitrogens with zero attached hydrogens (tertiary/aromatic N) is 1. The Kier molecular flexibility index (Phi) is 3.21. The van der Waals surface area contributed by atoms with Crippen LogP contribution in [0.15, 0.2) is 0 Å². The smallest absolute Gasteiger partial charge is 0.227 e. The van der Waals surface area contributed by atoms with Crippen LogP contribution in [0.5, 0.6) is 0 Å². The van der Waals surface area contributed by atoms with E-state index in [0.717, 1.165) is 32.4 Å². The van der Waals surface area contributed by atoms with Crippen molar-refractivity contribution in [2.45, 2.75) is 50.6 Å². The molecule has 0 aromatic rings. The minimum absolute atomic E-state index is 0.0680. The van der Waals surface area contributed by atoms with Crippen molar-refractivity contribution < 1.29 is 9.59 Å². The van der Waals surface area contributed by atoms with Crippen molar-refractivity contribution >= 4 is 11.8 Å². The Balaban J connectivity index is 1.43. The molecule has 2 aliphatic heterocycles. The first kappa shape index (κ1) is 13.6. The minimum Gasteiger partial charge on any atom is -0.353 e. The molecule has 2 aliphatic carbocycles. The quantitative estimate of drug-likeness (QED) is 0.738. The Hall–Kier alpha value is -1.10. The lowest BCUT2D eigenvalue weighted by Gasteiger charge is -2.43. The van der Waals surface area contributed by atoms with Gasteiger partial charge in [0.05, 0.1) is 5.92 Å². The van der Waals surface area contributed by atoms with Crippen molar-refractivity contribution in [3.8, 4) is 0 Å². The van der Waals surface area contributed by atoms with Crippen LogP contribution >= 0.6 is 0 Å². The molecule has 4 aliphatic rings. The van der Waals surface area contributed by atoms with Gasteiger partial charge in [-0.3, -0.25) is 9.59 Å². The molecule has 2 bridgehead atoms. The summed E-state index contributed by atoms with van der Waals surface area (Å²) in [6.07, 6.45) is 5.99. The zero-order chi connectivity index (χ0) is 14.6. The van der Waals surface area contributed by atoms with Crippen LogP contribution in [0.2, 0.25) is 0 Å². The maximum atomic E-state index is 12.9. The molecule has 0 aromatic heterocycles. The molecule has 2 amide bonds. The second-order valence-electron chi connectivity index (χ2n) is 7.48. The number of carbonyl (C=O) groups is 2. The van der Waals surface area contributed by atoms with E-state index >= 15 is 0 Å². The summed E-state index contributed by atoms with van der Waals surface area (Å²) < 4.78 is 0. The summed E-state index contributed by atoms with van der Waals surface area (Å²) in [6.45, 7) is 1.59. The van der Waals surface area contributed by atoms with Gasteiger partial charge in [0.15, 0.2) is 0 Å². The second-order valence-corrected chi connectivity index (χ2v) is 7.48. The van der Waals surface area contributed by atoms with Gasteiger partial charge in [0.2, 0.25) is 11.8 Å². The van der Waals surface area contributed by atoms with Crippen molar-refractivity contribution in [2.24, 2.45) is 29.4 Å². The van der Waals surface area contributed by atoms with Gasteiger partial charge in [-0.05, 0) is 49.9 Å². The molecule has 5 nitrogen and oxygen atoms in total. The molecular weight excluding hydrogens is 266 g/mol. The number of carbonyl (C=O) groups excluding carboxylic acids is 2. The van der Waals surface area contributed by atoms with E-state index in [4.69, 9.17) is 5.73 Å². The third-order valence-corrected chi connectivity index (χ3v) is 6.40. The maximum Gasteiger partial charge on any atom is 0.227 e. The molecule has 3 N–H and O–H groups in total. The molecule has 5 heteroatoms. The highest BCUT2D eigenvalue weighted by Gasteiger charge is 2.50. The molecule has 4 fully saturated rings. The fourth-order valence-corrected chi connectivity index (χ4v) is 5.22. The first-order valence-corrected chi connectivity index (χ1v) is 8.47. The number of amides is 2. The third kappa shape index (κ3) is 2.17. The Morgan fingerprint density at radius 3 is 2.71 bits per heavy atom. The topological polar surface area (TPSA) is 75.4 Å². The molecule has 116 valence electrons. The van der Waals surface area contributed by atoms with Crippen LogP contribution in [0.25, 0.3) is 0 Å². The summed E-state index contributed by atoms with van der Waals surface area (Å²) in [5, 5.41) is 3.08. The number of nitrogens with two attached hydrogens (primary N) is 1. The minimum atomic E-state index is 0.0680. The monoisotopic (exact) mass is 291 g/mol. The fourth-order valence-electron chi connectivity index (χ4n) is 5.22. The van der Waals surface area contributed by atoms with Crippen molar-refractivity contribution in [2.75, 3.05) is 13.1 Å². The molecule has 6 atom stereocenters. The largest absolute Gasteiger partial charge is 0.353 e. The summed E-state index contributed by atoms with van der Waals surface area (Å²) in [5.74, 6) is 2.08.